The van der Waals surface area contributed by atoms with Gasteiger partial charge in [0.25, 0.3) is 0 Å². The number of nitrogens with one attached hydrogen (secondary N) is 1. The topological polar surface area (TPSA) is 52.0 Å². The highest BCUT2D eigenvalue weighted by Crippen LogP contribution is 2.09. The number of hydrogen-bond donors (Lipinski definition) is 1. The Morgan fingerprint density at radius 2 is 2.33 bits per heavy atom. The van der Waals surface area contributed by atoms with Gasteiger partial charge in [0.05, 0.1) is 18.4 Å². The Labute approximate surface area is 107 Å². The number of hydrogen-bond acceptors (Lipinski definition) is 4. The Morgan fingerprint density at radius 3 is 3.00 bits per heavy atom. The highest BCUT2D eigenvalue weighted by atomic mass is 16.5. The van der Waals surface area contributed by atoms with E-state index in [9.17, 15) is 0 Å². The molecule has 0 aliphatic rings. The van der Waals surface area contributed by atoms with Gasteiger partial charge in [0, 0.05) is 18.9 Å². The van der Waals surface area contributed by atoms with Gasteiger partial charge in [0.15, 0.2) is 0 Å². The Morgan fingerprint density at radius 1 is 1.39 bits per heavy atom. The van der Waals surface area contributed by atoms with Crippen LogP contribution in [0, 0.1) is 0 Å². The van der Waals surface area contributed by atoms with Crippen molar-refractivity contribution in [3.05, 3.63) is 42.5 Å². The molecule has 0 atom stereocenters. The van der Waals surface area contributed by atoms with Crippen LogP contribution in [0.1, 0.15) is 12.6 Å². The zero-order valence-corrected chi connectivity index (χ0v) is 10.5. The highest BCUT2D eigenvalue weighted by molar-refractivity contribution is 5.19. The summed E-state index contributed by atoms with van der Waals surface area (Å²) >= 11 is 0. The van der Waals surface area contributed by atoms with Gasteiger partial charge in [-0.2, -0.15) is 5.10 Å². The van der Waals surface area contributed by atoms with Crippen molar-refractivity contribution in [2.24, 2.45) is 0 Å². The molecule has 5 heteroatoms. The normalized spacial score (nSPS) is 10.5. The summed E-state index contributed by atoms with van der Waals surface area (Å²) in [7, 11) is 0. The standard InChI is InChI=1S/C13H18N4O/c1-2-14-10-12-4-5-13(11-15-12)18-9-8-17-7-3-6-16-17/h3-7,11,14H,2,8-10H2,1H3. The molecule has 0 aromatic carbocycles. The minimum Gasteiger partial charge on any atom is -0.490 e. The molecule has 96 valence electrons. The van der Waals surface area contributed by atoms with Crippen LogP contribution in [0.25, 0.3) is 0 Å². The maximum absolute atomic E-state index is 5.60. The Hall–Kier alpha value is -1.88. The summed E-state index contributed by atoms with van der Waals surface area (Å²) in [6.07, 6.45) is 5.44. The second-order valence-electron chi connectivity index (χ2n) is 3.88. The smallest absolute Gasteiger partial charge is 0.137 e. The molecule has 2 rings (SSSR count). The molecule has 1 N–H and O–H groups in total. The van der Waals surface area contributed by atoms with E-state index in [1.54, 1.807) is 12.4 Å². The monoisotopic (exact) mass is 246 g/mol. The maximum Gasteiger partial charge on any atom is 0.137 e. The van der Waals surface area contributed by atoms with Crippen LogP contribution in [-0.2, 0) is 13.1 Å². The summed E-state index contributed by atoms with van der Waals surface area (Å²) in [5.41, 5.74) is 1.02. The predicted molar refractivity (Wildman–Crippen MR) is 69.3 cm³/mol. The van der Waals surface area contributed by atoms with Crippen LogP contribution in [0.4, 0.5) is 0 Å². The molecule has 0 radical (unpaired) electrons. The quantitative estimate of drug-likeness (QED) is 0.803. The second kappa shape index (κ2) is 6.76. The van der Waals surface area contributed by atoms with Crippen LogP contribution in [0.2, 0.25) is 0 Å². The lowest BCUT2D eigenvalue weighted by Gasteiger charge is -2.07. The summed E-state index contributed by atoms with van der Waals surface area (Å²) in [6.45, 7) is 5.16. The summed E-state index contributed by atoms with van der Waals surface area (Å²) in [4.78, 5) is 4.32. The van der Waals surface area contributed by atoms with Crippen LogP contribution < -0.4 is 10.1 Å². The van der Waals surface area contributed by atoms with Crippen molar-refractivity contribution in [3.8, 4) is 5.75 Å². The van der Waals surface area contributed by atoms with E-state index < -0.39 is 0 Å². The molecule has 18 heavy (non-hydrogen) atoms. The fourth-order valence-corrected chi connectivity index (χ4v) is 1.54. The van der Waals surface area contributed by atoms with Crippen molar-refractivity contribution < 1.29 is 4.74 Å². The maximum atomic E-state index is 5.60. The zero-order valence-electron chi connectivity index (χ0n) is 10.5. The molecule has 0 saturated heterocycles. The minimum atomic E-state index is 0.593. The van der Waals surface area contributed by atoms with Crippen LogP contribution >= 0.6 is 0 Å². The Bertz CT molecular complexity index is 439. The van der Waals surface area contributed by atoms with Crippen molar-refractivity contribution in [1.82, 2.24) is 20.1 Å². The molecule has 2 heterocycles. The molecule has 5 nitrogen and oxygen atoms in total. The van der Waals surface area contributed by atoms with E-state index >= 15 is 0 Å². The third kappa shape index (κ3) is 3.85. The first kappa shape index (κ1) is 12.6. The molecule has 0 spiro atoms. The van der Waals surface area contributed by atoms with Gasteiger partial charge < -0.3 is 10.1 Å². The van der Waals surface area contributed by atoms with E-state index in [0.29, 0.717) is 6.61 Å². The summed E-state index contributed by atoms with van der Waals surface area (Å²) in [5.74, 6) is 0.794. The SMILES string of the molecule is CCNCc1ccc(OCCn2cccn2)cn1. The predicted octanol–water partition coefficient (Wildman–Crippen LogP) is 1.47. The van der Waals surface area contributed by atoms with E-state index in [1.165, 1.54) is 0 Å². The van der Waals surface area contributed by atoms with Crippen molar-refractivity contribution in [2.75, 3.05) is 13.2 Å². The van der Waals surface area contributed by atoms with Gasteiger partial charge in [-0.25, -0.2) is 0 Å². The molecular weight excluding hydrogens is 228 g/mol. The van der Waals surface area contributed by atoms with Gasteiger partial charge in [-0.3, -0.25) is 9.67 Å². The highest BCUT2D eigenvalue weighted by Gasteiger charge is 1.97. The van der Waals surface area contributed by atoms with Gasteiger partial charge in [-0.05, 0) is 24.7 Å². The number of pyridine rings is 1. The van der Waals surface area contributed by atoms with E-state index in [2.05, 4.69) is 22.3 Å². The summed E-state index contributed by atoms with van der Waals surface area (Å²) < 4.78 is 7.44. The van der Waals surface area contributed by atoms with E-state index in [-0.39, 0.29) is 0 Å². The molecule has 0 aliphatic heterocycles. The average molecular weight is 246 g/mol. The number of aromatic nitrogens is 3. The molecule has 2 aromatic rings. The fourth-order valence-electron chi connectivity index (χ4n) is 1.54. The number of ether oxygens (including phenoxy) is 1. The first-order valence-electron chi connectivity index (χ1n) is 6.14. The Balaban J connectivity index is 1.75. The summed E-state index contributed by atoms with van der Waals surface area (Å²) in [6, 6.07) is 5.83. The van der Waals surface area contributed by atoms with Crippen LogP contribution in [-0.4, -0.2) is 27.9 Å². The van der Waals surface area contributed by atoms with Crippen molar-refractivity contribution in [1.29, 1.82) is 0 Å². The zero-order chi connectivity index (χ0) is 12.6. The molecule has 0 unspecified atom stereocenters. The molecular formula is C13H18N4O. The average Bonchev–Trinajstić information content (AvgIpc) is 2.91. The number of nitrogens with zero attached hydrogens (tertiary/aromatic N) is 3. The largest absolute Gasteiger partial charge is 0.490 e. The number of rotatable bonds is 7. The summed E-state index contributed by atoms with van der Waals surface area (Å²) in [5, 5.41) is 7.34. The molecule has 0 aliphatic carbocycles. The van der Waals surface area contributed by atoms with Gasteiger partial charge in [-0.15, -0.1) is 0 Å². The van der Waals surface area contributed by atoms with Crippen LogP contribution in [0.5, 0.6) is 5.75 Å². The van der Waals surface area contributed by atoms with Crippen molar-refractivity contribution >= 4 is 0 Å². The minimum absolute atomic E-state index is 0.593. The second-order valence-corrected chi connectivity index (χ2v) is 3.88. The molecule has 0 bridgehead atoms. The van der Waals surface area contributed by atoms with E-state index in [4.69, 9.17) is 4.74 Å². The van der Waals surface area contributed by atoms with Crippen LogP contribution in [0.15, 0.2) is 36.8 Å². The van der Waals surface area contributed by atoms with Gasteiger partial charge in [0.2, 0.25) is 0 Å². The Kier molecular flexibility index (Phi) is 4.72. The van der Waals surface area contributed by atoms with Gasteiger partial charge in [0.1, 0.15) is 12.4 Å². The lowest BCUT2D eigenvalue weighted by atomic mass is 10.3. The third-order valence-corrected chi connectivity index (χ3v) is 2.50. The van der Waals surface area contributed by atoms with E-state index in [1.807, 2.05) is 29.1 Å². The fraction of sp³-hybridized carbons (Fsp3) is 0.385. The molecule has 0 saturated carbocycles. The van der Waals surface area contributed by atoms with Gasteiger partial charge >= 0.3 is 0 Å². The lowest BCUT2D eigenvalue weighted by Crippen LogP contribution is -2.13. The van der Waals surface area contributed by atoms with Crippen molar-refractivity contribution in [3.63, 3.8) is 0 Å². The third-order valence-electron chi connectivity index (χ3n) is 2.50. The molecule has 0 fully saturated rings. The van der Waals surface area contributed by atoms with Gasteiger partial charge in [-0.1, -0.05) is 6.92 Å². The first-order valence-corrected chi connectivity index (χ1v) is 6.14. The molecule has 2 aromatic heterocycles. The van der Waals surface area contributed by atoms with Crippen molar-refractivity contribution in [2.45, 2.75) is 20.0 Å². The molecule has 0 amide bonds. The van der Waals surface area contributed by atoms with E-state index in [0.717, 1.165) is 31.1 Å². The first-order chi connectivity index (χ1) is 8.88. The lowest BCUT2D eigenvalue weighted by molar-refractivity contribution is 0.290. The van der Waals surface area contributed by atoms with Crippen LogP contribution in [0.3, 0.4) is 0 Å².